The van der Waals surface area contributed by atoms with E-state index in [4.69, 9.17) is 21.1 Å². The minimum Gasteiger partial charge on any atom is -0.493 e. The first-order valence-electron chi connectivity index (χ1n) is 9.01. The van der Waals surface area contributed by atoms with Crippen LogP contribution >= 0.6 is 11.6 Å². The van der Waals surface area contributed by atoms with Gasteiger partial charge in [-0.2, -0.15) is 5.10 Å². The number of hydrazone groups is 1. The molecule has 0 aliphatic heterocycles. The van der Waals surface area contributed by atoms with Crippen molar-refractivity contribution in [3.63, 3.8) is 0 Å². The highest BCUT2D eigenvalue weighted by molar-refractivity contribution is 6.31. The number of H-pyrrole nitrogens is 1. The SMILES string of the molecule is COc1cc(/C=N\Nc2nc3ccccc3[nH]2)ccc1OCc1ccccc1Cl. The Balaban J connectivity index is 1.43. The van der Waals surface area contributed by atoms with Gasteiger partial charge < -0.3 is 14.5 Å². The van der Waals surface area contributed by atoms with Crippen LogP contribution in [0, 0.1) is 0 Å². The van der Waals surface area contributed by atoms with E-state index in [0.29, 0.717) is 29.1 Å². The number of halogens is 1. The van der Waals surface area contributed by atoms with Gasteiger partial charge in [0.15, 0.2) is 11.5 Å². The molecular weight excluding hydrogens is 388 g/mol. The van der Waals surface area contributed by atoms with Crippen LogP contribution in [-0.2, 0) is 6.61 Å². The molecule has 0 fully saturated rings. The Hall–Kier alpha value is -3.51. The molecule has 1 heterocycles. The summed E-state index contributed by atoms with van der Waals surface area (Å²) >= 11 is 6.18. The third-order valence-electron chi connectivity index (χ3n) is 4.30. The number of anilines is 1. The Labute approximate surface area is 173 Å². The maximum absolute atomic E-state index is 6.18. The first kappa shape index (κ1) is 18.8. The molecule has 29 heavy (non-hydrogen) atoms. The zero-order valence-corrected chi connectivity index (χ0v) is 16.5. The summed E-state index contributed by atoms with van der Waals surface area (Å²) in [5.41, 5.74) is 6.51. The second-order valence-corrected chi connectivity index (χ2v) is 6.67. The largest absolute Gasteiger partial charge is 0.493 e. The van der Waals surface area contributed by atoms with Gasteiger partial charge in [-0.25, -0.2) is 10.4 Å². The molecule has 3 aromatic carbocycles. The molecule has 7 heteroatoms. The smallest absolute Gasteiger partial charge is 0.222 e. The molecule has 0 atom stereocenters. The quantitative estimate of drug-likeness (QED) is 0.325. The average molecular weight is 407 g/mol. The Morgan fingerprint density at radius 2 is 1.90 bits per heavy atom. The van der Waals surface area contributed by atoms with E-state index in [1.54, 1.807) is 13.3 Å². The number of ether oxygens (including phenoxy) is 2. The number of nitrogens with zero attached hydrogens (tertiary/aromatic N) is 2. The van der Waals surface area contributed by atoms with Gasteiger partial charge in [-0.3, -0.25) is 0 Å². The summed E-state index contributed by atoms with van der Waals surface area (Å²) in [6.45, 7) is 0.358. The number of hydrogen-bond donors (Lipinski definition) is 2. The number of hydrogen-bond acceptors (Lipinski definition) is 5. The number of fused-ring (bicyclic) bond motifs is 1. The van der Waals surface area contributed by atoms with Crippen LogP contribution in [-0.4, -0.2) is 23.3 Å². The molecule has 0 bridgehead atoms. The summed E-state index contributed by atoms with van der Waals surface area (Å²) in [5, 5.41) is 4.91. The van der Waals surface area contributed by atoms with Crippen LogP contribution in [0.2, 0.25) is 5.02 Å². The van der Waals surface area contributed by atoms with Crippen molar-refractivity contribution in [1.29, 1.82) is 0 Å². The monoisotopic (exact) mass is 406 g/mol. The molecule has 2 N–H and O–H groups in total. The average Bonchev–Trinajstić information content (AvgIpc) is 3.16. The Morgan fingerprint density at radius 3 is 2.72 bits per heavy atom. The van der Waals surface area contributed by atoms with E-state index in [2.05, 4.69) is 20.5 Å². The molecule has 0 aliphatic rings. The van der Waals surface area contributed by atoms with E-state index in [1.165, 1.54) is 0 Å². The van der Waals surface area contributed by atoms with Crippen molar-refractivity contribution in [2.45, 2.75) is 6.61 Å². The fraction of sp³-hybridized carbons (Fsp3) is 0.0909. The van der Waals surface area contributed by atoms with E-state index in [-0.39, 0.29) is 0 Å². The van der Waals surface area contributed by atoms with E-state index in [9.17, 15) is 0 Å². The molecule has 0 unspecified atom stereocenters. The second-order valence-electron chi connectivity index (χ2n) is 6.26. The number of aromatic amines is 1. The van der Waals surface area contributed by atoms with Crippen LogP contribution in [0.15, 0.2) is 71.8 Å². The highest BCUT2D eigenvalue weighted by Gasteiger charge is 2.07. The summed E-state index contributed by atoms with van der Waals surface area (Å²) < 4.78 is 11.3. The van der Waals surface area contributed by atoms with Gasteiger partial charge in [-0.15, -0.1) is 0 Å². The molecule has 0 amide bonds. The standard InChI is InChI=1S/C22H19ClN4O2/c1-28-21-12-15(10-11-20(21)29-14-16-6-2-3-7-17(16)23)13-24-27-22-25-18-8-4-5-9-19(18)26-22/h2-13H,14H2,1H3,(H2,25,26,27)/b24-13-. The molecule has 0 aliphatic carbocycles. The summed E-state index contributed by atoms with van der Waals surface area (Å²) in [4.78, 5) is 7.57. The molecule has 1 aromatic heterocycles. The lowest BCUT2D eigenvalue weighted by Gasteiger charge is -2.12. The molecule has 4 rings (SSSR count). The number of nitrogens with one attached hydrogen (secondary N) is 2. The van der Waals surface area contributed by atoms with Gasteiger partial charge in [0.05, 0.1) is 24.4 Å². The van der Waals surface area contributed by atoms with Crippen LogP contribution in [0.5, 0.6) is 11.5 Å². The molecule has 0 spiro atoms. The van der Waals surface area contributed by atoms with E-state index >= 15 is 0 Å². The van der Waals surface area contributed by atoms with Crippen molar-refractivity contribution < 1.29 is 9.47 Å². The molecule has 146 valence electrons. The second kappa shape index (κ2) is 8.67. The highest BCUT2D eigenvalue weighted by atomic mass is 35.5. The molecular formula is C22H19ClN4O2. The van der Waals surface area contributed by atoms with Crippen molar-refractivity contribution in [2.24, 2.45) is 5.10 Å². The fourth-order valence-corrected chi connectivity index (χ4v) is 3.02. The van der Waals surface area contributed by atoms with E-state index in [1.807, 2.05) is 66.7 Å². The third kappa shape index (κ3) is 4.50. The van der Waals surface area contributed by atoms with Crippen LogP contribution in [0.4, 0.5) is 5.95 Å². The van der Waals surface area contributed by atoms with Crippen molar-refractivity contribution in [3.05, 3.63) is 82.9 Å². The molecule has 0 radical (unpaired) electrons. The number of para-hydroxylation sites is 2. The molecule has 4 aromatic rings. The number of aromatic nitrogens is 2. The van der Waals surface area contributed by atoms with Gasteiger partial charge in [-0.05, 0) is 42.0 Å². The van der Waals surface area contributed by atoms with Gasteiger partial charge in [0.1, 0.15) is 6.61 Å². The number of benzene rings is 3. The number of rotatable bonds is 7. The fourth-order valence-electron chi connectivity index (χ4n) is 2.83. The van der Waals surface area contributed by atoms with Gasteiger partial charge in [-0.1, -0.05) is 41.9 Å². The van der Waals surface area contributed by atoms with Crippen LogP contribution < -0.4 is 14.9 Å². The summed E-state index contributed by atoms with van der Waals surface area (Å²) in [5.74, 6) is 1.83. The van der Waals surface area contributed by atoms with Crippen molar-refractivity contribution in [3.8, 4) is 11.5 Å². The lowest BCUT2D eigenvalue weighted by molar-refractivity contribution is 0.284. The van der Waals surface area contributed by atoms with Crippen LogP contribution in [0.3, 0.4) is 0 Å². The van der Waals surface area contributed by atoms with Crippen LogP contribution in [0.25, 0.3) is 11.0 Å². The minimum absolute atomic E-state index is 0.358. The lowest BCUT2D eigenvalue weighted by atomic mass is 10.2. The topological polar surface area (TPSA) is 71.5 Å². The van der Waals surface area contributed by atoms with E-state index < -0.39 is 0 Å². The van der Waals surface area contributed by atoms with Gasteiger partial charge in [0, 0.05) is 10.6 Å². The predicted molar refractivity (Wildman–Crippen MR) is 116 cm³/mol. The van der Waals surface area contributed by atoms with Gasteiger partial charge in [0.25, 0.3) is 0 Å². The first-order chi connectivity index (χ1) is 14.2. The molecule has 0 saturated carbocycles. The maximum Gasteiger partial charge on any atom is 0.222 e. The lowest BCUT2D eigenvalue weighted by Crippen LogP contribution is -1.99. The molecule has 6 nitrogen and oxygen atoms in total. The van der Waals surface area contributed by atoms with Crippen molar-refractivity contribution >= 4 is 34.8 Å². The molecule has 0 saturated heterocycles. The van der Waals surface area contributed by atoms with Crippen molar-refractivity contribution in [2.75, 3.05) is 12.5 Å². The Morgan fingerprint density at radius 1 is 1.07 bits per heavy atom. The Kier molecular flexibility index (Phi) is 5.63. The van der Waals surface area contributed by atoms with Crippen LogP contribution in [0.1, 0.15) is 11.1 Å². The zero-order valence-electron chi connectivity index (χ0n) is 15.7. The van der Waals surface area contributed by atoms with E-state index in [0.717, 1.165) is 22.2 Å². The van der Waals surface area contributed by atoms with Gasteiger partial charge in [0.2, 0.25) is 5.95 Å². The normalized spacial score (nSPS) is 11.1. The van der Waals surface area contributed by atoms with Gasteiger partial charge >= 0.3 is 0 Å². The minimum atomic E-state index is 0.358. The first-order valence-corrected chi connectivity index (χ1v) is 9.39. The number of imidazole rings is 1. The summed E-state index contributed by atoms with van der Waals surface area (Å²) in [6, 6.07) is 21.0. The zero-order chi connectivity index (χ0) is 20.1. The third-order valence-corrected chi connectivity index (χ3v) is 4.67. The predicted octanol–water partition coefficient (Wildman–Crippen LogP) is 5.25. The van der Waals surface area contributed by atoms with Crippen molar-refractivity contribution in [1.82, 2.24) is 9.97 Å². The highest BCUT2D eigenvalue weighted by Crippen LogP contribution is 2.29. The Bertz CT molecular complexity index is 1120. The summed E-state index contributed by atoms with van der Waals surface area (Å²) in [7, 11) is 1.60. The maximum atomic E-state index is 6.18. The number of methoxy groups -OCH3 is 1. The summed E-state index contributed by atoms with van der Waals surface area (Å²) in [6.07, 6.45) is 1.69.